The molecule has 3 N–H and O–H groups in total. The number of hydrogen-bond acceptors (Lipinski definition) is 7. The van der Waals surface area contributed by atoms with E-state index < -0.39 is 5.92 Å². The molecule has 0 fully saturated rings. The third-order valence-electron chi connectivity index (χ3n) is 4.21. The Morgan fingerprint density at radius 1 is 1.26 bits per heavy atom. The van der Waals surface area contributed by atoms with Crippen LogP contribution >= 0.6 is 0 Å². The van der Waals surface area contributed by atoms with E-state index in [2.05, 4.69) is 16.3 Å². The van der Waals surface area contributed by atoms with Crippen LogP contribution in [0.15, 0.2) is 29.7 Å². The quantitative estimate of drug-likeness (QED) is 0.769. The van der Waals surface area contributed by atoms with Crippen LogP contribution in [-0.4, -0.2) is 30.5 Å². The molecule has 0 radical (unpaired) electrons. The molecule has 2 heterocycles. The van der Waals surface area contributed by atoms with Crippen LogP contribution in [-0.2, 0) is 11.3 Å². The lowest BCUT2D eigenvalue weighted by Crippen LogP contribution is -2.21. The average molecular weight is 370 g/mol. The summed E-state index contributed by atoms with van der Waals surface area (Å²) < 4.78 is 22.1. The fraction of sp³-hybridized carbons (Fsp3) is 0.368. The van der Waals surface area contributed by atoms with E-state index in [1.165, 1.54) is 0 Å². The molecule has 2 aromatic rings. The van der Waals surface area contributed by atoms with Gasteiger partial charge in [0.15, 0.2) is 11.5 Å². The van der Waals surface area contributed by atoms with Crippen molar-refractivity contribution in [2.24, 2.45) is 5.73 Å². The number of H-pyrrole nitrogens is 1. The van der Waals surface area contributed by atoms with Gasteiger partial charge in [-0.3, -0.25) is 5.10 Å². The number of hydrogen-bond donors (Lipinski definition) is 2. The number of nitriles is 1. The third-order valence-corrected chi connectivity index (χ3v) is 4.21. The van der Waals surface area contributed by atoms with Crippen LogP contribution in [0, 0.1) is 11.3 Å². The summed E-state index contributed by atoms with van der Waals surface area (Å²) in [6, 6.07) is 7.76. The molecule has 27 heavy (non-hydrogen) atoms. The highest BCUT2D eigenvalue weighted by Gasteiger charge is 2.35. The van der Waals surface area contributed by atoms with Crippen molar-refractivity contribution in [2.75, 3.05) is 20.3 Å². The summed E-state index contributed by atoms with van der Waals surface area (Å²) in [7, 11) is 1.59. The summed E-state index contributed by atoms with van der Waals surface area (Å²) in [6.07, 6.45) is 0. The standard InChI is InChI=1S/C19H22N4O4/c1-4-25-14-7-6-11(8-15(14)26-5-2)16-12(9-20)18(21)27-19-17(16)13(10-24-3)22-23-19/h6-8,16H,4-5,10,21H2,1-3H3,(H,22,23)/t16-/m1/s1. The van der Waals surface area contributed by atoms with Crippen LogP contribution in [0.2, 0.25) is 0 Å². The first-order valence-electron chi connectivity index (χ1n) is 8.67. The number of allylic oxidation sites excluding steroid dienone is 1. The predicted octanol–water partition coefficient (Wildman–Crippen LogP) is 2.57. The van der Waals surface area contributed by atoms with E-state index in [9.17, 15) is 5.26 Å². The predicted molar refractivity (Wildman–Crippen MR) is 97.4 cm³/mol. The van der Waals surface area contributed by atoms with Gasteiger partial charge in [-0.1, -0.05) is 6.07 Å². The van der Waals surface area contributed by atoms with Gasteiger partial charge in [-0.15, -0.1) is 5.10 Å². The first-order valence-corrected chi connectivity index (χ1v) is 8.67. The van der Waals surface area contributed by atoms with Crippen LogP contribution in [0.4, 0.5) is 0 Å². The molecule has 0 spiro atoms. The molecule has 8 nitrogen and oxygen atoms in total. The number of methoxy groups -OCH3 is 1. The molecule has 0 saturated carbocycles. The van der Waals surface area contributed by atoms with Crippen molar-refractivity contribution in [1.29, 1.82) is 5.26 Å². The third kappa shape index (κ3) is 3.41. The Labute approximate surface area is 157 Å². The Balaban J connectivity index is 2.15. The molecule has 0 aliphatic carbocycles. The molecular weight excluding hydrogens is 348 g/mol. The van der Waals surface area contributed by atoms with E-state index in [4.69, 9.17) is 24.7 Å². The number of aromatic amines is 1. The van der Waals surface area contributed by atoms with Crippen molar-refractivity contribution in [3.8, 4) is 23.4 Å². The van der Waals surface area contributed by atoms with E-state index in [-0.39, 0.29) is 5.88 Å². The molecule has 1 aromatic carbocycles. The lowest BCUT2D eigenvalue weighted by molar-refractivity contribution is 0.180. The number of nitrogens with one attached hydrogen (secondary N) is 1. The van der Waals surface area contributed by atoms with Gasteiger partial charge in [-0.05, 0) is 31.5 Å². The van der Waals surface area contributed by atoms with E-state index in [1.54, 1.807) is 7.11 Å². The second-order valence-corrected chi connectivity index (χ2v) is 5.85. The van der Waals surface area contributed by atoms with Crippen molar-refractivity contribution in [1.82, 2.24) is 10.2 Å². The minimum absolute atomic E-state index is 0.0392. The molecule has 142 valence electrons. The van der Waals surface area contributed by atoms with Crippen molar-refractivity contribution in [3.05, 3.63) is 46.5 Å². The Morgan fingerprint density at radius 3 is 2.67 bits per heavy atom. The maximum Gasteiger partial charge on any atom is 0.244 e. The highest BCUT2D eigenvalue weighted by Crippen LogP contribution is 2.44. The summed E-state index contributed by atoms with van der Waals surface area (Å²) in [5.74, 6) is 1.19. The number of aromatic nitrogens is 2. The zero-order valence-corrected chi connectivity index (χ0v) is 15.5. The lowest BCUT2D eigenvalue weighted by atomic mass is 9.84. The summed E-state index contributed by atoms with van der Waals surface area (Å²) in [5, 5.41) is 16.8. The molecule has 1 aliphatic heterocycles. The number of fused-ring (bicyclic) bond motifs is 1. The second-order valence-electron chi connectivity index (χ2n) is 5.85. The van der Waals surface area contributed by atoms with Crippen LogP contribution in [0.1, 0.15) is 36.6 Å². The minimum Gasteiger partial charge on any atom is -0.490 e. The molecule has 0 amide bonds. The van der Waals surface area contributed by atoms with Gasteiger partial charge < -0.3 is 24.7 Å². The Hall–Kier alpha value is -3.18. The Morgan fingerprint density at radius 2 is 2.00 bits per heavy atom. The number of ether oxygens (including phenoxy) is 4. The summed E-state index contributed by atoms with van der Waals surface area (Å²) >= 11 is 0. The maximum atomic E-state index is 9.70. The zero-order chi connectivity index (χ0) is 19.4. The van der Waals surface area contributed by atoms with Crippen molar-refractivity contribution >= 4 is 0 Å². The maximum absolute atomic E-state index is 9.70. The van der Waals surface area contributed by atoms with Gasteiger partial charge in [0.25, 0.3) is 0 Å². The Kier molecular flexibility index (Phi) is 5.52. The number of benzene rings is 1. The fourth-order valence-electron chi connectivity index (χ4n) is 3.14. The van der Waals surface area contributed by atoms with Gasteiger partial charge in [0.1, 0.15) is 11.6 Å². The van der Waals surface area contributed by atoms with Gasteiger partial charge >= 0.3 is 0 Å². The van der Waals surface area contributed by atoms with Gasteiger partial charge in [0.2, 0.25) is 11.8 Å². The van der Waals surface area contributed by atoms with E-state index >= 15 is 0 Å². The first kappa shape index (κ1) is 18.6. The normalized spacial score (nSPS) is 15.7. The molecule has 8 heteroatoms. The molecule has 0 unspecified atom stereocenters. The highest BCUT2D eigenvalue weighted by molar-refractivity contribution is 5.57. The van der Waals surface area contributed by atoms with Gasteiger partial charge in [0.05, 0.1) is 37.0 Å². The molecular formula is C19H22N4O4. The smallest absolute Gasteiger partial charge is 0.244 e. The van der Waals surface area contributed by atoms with Crippen molar-refractivity contribution in [2.45, 2.75) is 26.4 Å². The van der Waals surface area contributed by atoms with Crippen LogP contribution < -0.4 is 19.9 Å². The highest BCUT2D eigenvalue weighted by atomic mass is 16.5. The number of rotatable bonds is 7. The van der Waals surface area contributed by atoms with Gasteiger partial charge in [-0.25, -0.2) is 0 Å². The van der Waals surface area contributed by atoms with Crippen molar-refractivity contribution < 1.29 is 18.9 Å². The van der Waals surface area contributed by atoms with E-state index in [0.29, 0.717) is 42.8 Å². The molecule has 1 aromatic heterocycles. The van der Waals surface area contributed by atoms with Crippen LogP contribution in [0.3, 0.4) is 0 Å². The topological polar surface area (TPSA) is 115 Å². The van der Waals surface area contributed by atoms with Gasteiger partial charge in [0, 0.05) is 7.11 Å². The molecule has 0 bridgehead atoms. The molecule has 0 saturated heterocycles. The summed E-state index contributed by atoms with van der Waals surface area (Å²) in [5.41, 5.74) is 8.58. The fourth-order valence-corrected chi connectivity index (χ4v) is 3.14. The first-order chi connectivity index (χ1) is 13.1. The van der Waals surface area contributed by atoms with Crippen LogP contribution in [0.25, 0.3) is 0 Å². The Bertz CT molecular complexity index is 898. The average Bonchev–Trinajstić information content (AvgIpc) is 3.05. The molecule has 1 aliphatic rings. The summed E-state index contributed by atoms with van der Waals surface area (Å²) in [4.78, 5) is 0. The SMILES string of the molecule is CCOc1ccc([C@@H]2C(C#N)=C(N)Oc3n[nH]c(COC)c32)cc1OCC. The monoisotopic (exact) mass is 370 g/mol. The molecule has 3 rings (SSSR count). The minimum atomic E-state index is -0.447. The molecule has 1 atom stereocenters. The summed E-state index contributed by atoms with van der Waals surface area (Å²) in [6.45, 7) is 5.13. The number of nitrogens with zero attached hydrogens (tertiary/aromatic N) is 2. The van der Waals surface area contributed by atoms with Crippen LogP contribution in [0.5, 0.6) is 17.4 Å². The van der Waals surface area contributed by atoms with E-state index in [1.807, 2.05) is 32.0 Å². The van der Waals surface area contributed by atoms with Gasteiger partial charge in [-0.2, -0.15) is 5.26 Å². The van der Waals surface area contributed by atoms with Crippen molar-refractivity contribution in [3.63, 3.8) is 0 Å². The largest absolute Gasteiger partial charge is 0.490 e. The zero-order valence-electron chi connectivity index (χ0n) is 15.5. The second kappa shape index (κ2) is 8.01. The lowest BCUT2D eigenvalue weighted by Gasteiger charge is -2.24. The number of nitrogens with two attached hydrogens (primary N) is 1. The van der Waals surface area contributed by atoms with E-state index in [0.717, 1.165) is 16.8 Å².